The average Bonchev–Trinajstić information content (AvgIpc) is 2.91. The van der Waals surface area contributed by atoms with Crippen LogP contribution in [-0.4, -0.2) is 35.6 Å². The van der Waals surface area contributed by atoms with Gasteiger partial charge in [-0.1, -0.05) is 41.9 Å². The lowest BCUT2D eigenvalue weighted by atomic mass is 10.0. The number of carbonyl (C=O) groups is 2. The van der Waals surface area contributed by atoms with Crippen molar-refractivity contribution >= 4 is 34.4 Å². The monoisotopic (exact) mass is 584 g/mol. The molecule has 1 heterocycles. The molecule has 0 aliphatic heterocycles. The molecular formula is C31H28ClF3N2O4. The third kappa shape index (κ3) is 7.55. The summed E-state index contributed by atoms with van der Waals surface area (Å²) in [4.78, 5) is 30.0. The Balaban J connectivity index is 1.55. The van der Waals surface area contributed by atoms with Gasteiger partial charge < -0.3 is 14.8 Å². The van der Waals surface area contributed by atoms with Gasteiger partial charge >= 0.3 is 12.1 Å². The molecule has 1 amide bonds. The van der Waals surface area contributed by atoms with Gasteiger partial charge in [-0.3, -0.25) is 4.79 Å². The van der Waals surface area contributed by atoms with Crippen molar-refractivity contribution in [2.24, 2.45) is 0 Å². The zero-order valence-electron chi connectivity index (χ0n) is 22.8. The van der Waals surface area contributed by atoms with E-state index in [2.05, 4.69) is 10.3 Å². The maximum Gasteiger partial charge on any atom is 0.416 e. The van der Waals surface area contributed by atoms with E-state index in [1.807, 2.05) is 20.8 Å². The molecule has 0 unspecified atom stereocenters. The Kier molecular flexibility index (Phi) is 8.58. The van der Waals surface area contributed by atoms with Gasteiger partial charge in [-0.05, 0) is 79.9 Å². The largest absolute Gasteiger partial charge is 0.488 e. The minimum atomic E-state index is -4.47. The Bertz CT molecular complexity index is 1580. The summed E-state index contributed by atoms with van der Waals surface area (Å²) in [6.07, 6.45) is -4.31. The van der Waals surface area contributed by atoms with E-state index in [-0.39, 0.29) is 22.7 Å². The number of amides is 1. The summed E-state index contributed by atoms with van der Waals surface area (Å²) in [7, 11) is 1.23. The molecule has 4 aromatic rings. The summed E-state index contributed by atoms with van der Waals surface area (Å²) in [5, 5.41) is 3.30. The van der Waals surface area contributed by atoms with Crippen molar-refractivity contribution in [3.8, 4) is 16.9 Å². The van der Waals surface area contributed by atoms with Crippen LogP contribution in [0.5, 0.6) is 5.75 Å². The number of carbonyl (C=O) groups excluding carboxylic acids is 2. The molecule has 0 aliphatic carbocycles. The molecule has 0 saturated carbocycles. The highest BCUT2D eigenvalue weighted by Gasteiger charge is 2.30. The molecule has 1 aromatic heterocycles. The molecule has 0 radical (unpaired) electrons. The molecule has 0 saturated heterocycles. The van der Waals surface area contributed by atoms with Crippen LogP contribution in [0.15, 0.2) is 72.8 Å². The van der Waals surface area contributed by atoms with Crippen LogP contribution >= 0.6 is 11.6 Å². The quantitative estimate of drug-likeness (QED) is 0.231. The lowest BCUT2D eigenvalue weighted by Gasteiger charge is -2.21. The zero-order chi connectivity index (χ0) is 29.9. The number of nitrogens with one attached hydrogen (secondary N) is 1. The molecule has 0 bridgehead atoms. The molecule has 0 spiro atoms. The summed E-state index contributed by atoms with van der Waals surface area (Å²) in [6, 6.07) is 17.3. The van der Waals surface area contributed by atoms with E-state index >= 15 is 0 Å². The van der Waals surface area contributed by atoms with Gasteiger partial charge in [-0.2, -0.15) is 13.2 Å². The minimum absolute atomic E-state index is 0.0304. The van der Waals surface area contributed by atoms with E-state index in [1.54, 1.807) is 48.5 Å². The van der Waals surface area contributed by atoms with Crippen molar-refractivity contribution in [2.75, 3.05) is 7.11 Å². The van der Waals surface area contributed by atoms with Crippen LogP contribution in [0.25, 0.3) is 22.0 Å². The lowest BCUT2D eigenvalue weighted by molar-refractivity contribution is -0.143. The summed E-state index contributed by atoms with van der Waals surface area (Å²) in [5.74, 6) is -0.601. The second-order valence-corrected chi connectivity index (χ2v) is 10.8. The van der Waals surface area contributed by atoms with Crippen molar-refractivity contribution in [2.45, 2.75) is 45.0 Å². The van der Waals surface area contributed by atoms with Gasteiger partial charge in [-0.15, -0.1) is 0 Å². The molecule has 41 heavy (non-hydrogen) atoms. The van der Waals surface area contributed by atoms with Crippen LogP contribution in [0.1, 0.15) is 42.4 Å². The number of halogens is 4. The first kappa shape index (κ1) is 29.9. The average molecular weight is 585 g/mol. The number of methoxy groups -OCH3 is 1. The number of hydrogen-bond acceptors (Lipinski definition) is 5. The highest BCUT2D eigenvalue weighted by atomic mass is 35.5. The van der Waals surface area contributed by atoms with Gasteiger partial charge in [0.15, 0.2) is 0 Å². The molecule has 3 aromatic carbocycles. The summed E-state index contributed by atoms with van der Waals surface area (Å²) in [6.45, 7) is 5.81. The van der Waals surface area contributed by atoms with Gasteiger partial charge in [0.1, 0.15) is 23.1 Å². The van der Waals surface area contributed by atoms with Crippen LogP contribution in [0.2, 0.25) is 5.02 Å². The smallest absolute Gasteiger partial charge is 0.416 e. The Hall–Kier alpha value is -4.11. The van der Waals surface area contributed by atoms with Gasteiger partial charge in [0.05, 0.1) is 23.2 Å². The summed E-state index contributed by atoms with van der Waals surface area (Å²) >= 11 is 6.48. The number of ether oxygens (including phenoxy) is 2. The number of esters is 1. The fraction of sp³-hybridized carbons (Fsp3) is 0.258. The van der Waals surface area contributed by atoms with Crippen molar-refractivity contribution in [1.29, 1.82) is 0 Å². The van der Waals surface area contributed by atoms with E-state index in [1.165, 1.54) is 19.2 Å². The zero-order valence-corrected chi connectivity index (χ0v) is 23.6. The third-order valence-corrected chi connectivity index (χ3v) is 6.41. The second kappa shape index (κ2) is 11.8. The fourth-order valence-corrected chi connectivity index (χ4v) is 4.46. The van der Waals surface area contributed by atoms with Gasteiger partial charge in [0, 0.05) is 11.8 Å². The van der Waals surface area contributed by atoms with E-state index in [9.17, 15) is 22.8 Å². The van der Waals surface area contributed by atoms with Crippen LogP contribution in [0, 0.1) is 0 Å². The number of benzene rings is 3. The van der Waals surface area contributed by atoms with E-state index in [0.29, 0.717) is 27.8 Å². The normalized spacial score (nSPS) is 12.6. The van der Waals surface area contributed by atoms with Gasteiger partial charge in [0.25, 0.3) is 5.91 Å². The van der Waals surface area contributed by atoms with Crippen LogP contribution in [0.3, 0.4) is 0 Å². The van der Waals surface area contributed by atoms with Crippen LogP contribution in [-0.2, 0) is 22.1 Å². The maximum atomic E-state index is 13.2. The molecular weight excluding hydrogens is 557 g/mol. The number of aromatic nitrogens is 1. The predicted octanol–water partition coefficient (Wildman–Crippen LogP) is 7.27. The van der Waals surface area contributed by atoms with E-state index in [4.69, 9.17) is 21.1 Å². The lowest BCUT2D eigenvalue weighted by Crippen LogP contribution is -2.43. The molecule has 1 atom stereocenters. The second-order valence-electron chi connectivity index (χ2n) is 10.4. The molecule has 6 nitrogen and oxygen atoms in total. The molecule has 214 valence electrons. The predicted molar refractivity (Wildman–Crippen MR) is 151 cm³/mol. The van der Waals surface area contributed by atoms with Crippen molar-refractivity contribution in [3.05, 3.63) is 94.6 Å². The topological polar surface area (TPSA) is 77.5 Å². The molecule has 0 fully saturated rings. The Labute approximate surface area is 240 Å². The maximum absolute atomic E-state index is 13.2. The van der Waals surface area contributed by atoms with Crippen molar-refractivity contribution in [3.63, 3.8) is 0 Å². The van der Waals surface area contributed by atoms with Crippen molar-refractivity contribution in [1.82, 2.24) is 10.3 Å². The highest BCUT2D eigenvalue weighted by molar-refractivity contribution is 6.35. The van der Waals surface area contributed by atoms with E-state index in [0.717, 1.165) is 17.7 Å². The number of nitrogens with zero attached hydrogens (tertiary/aromatic N) is 1. The number of rotatable bonds is 7. The molecule has 4 rings (SSSR count). The van der Waals surface area contributed by atoms with Gasteiger partial charge in [0.2, 0.25) is 0 Å². The fourth-order valence-electron chi connectivity index (χ4n) is 4.21. The Morgan fingerprint density at radius 3 is 2.27 bits per heavy atom. The first-order valence-electron chi connectivity index (χ1n) is 12.7. The first-order chi connectivity index (χ1) is 19.2. The number of alkyl halides is 3. The Morgan fingerprint density at radius 2 is 1.63 bits per heavy atom. The number of fused-ring (bicyclic) bond motifs is 1. The minimum Gasteiger partial charge on any atom is -0.488 e. The van der Waals surface area contributed by atoms with Crippen LogP contribution in [0.4, 0.5) is 13.2 Å². The molecule has 0 aliphatic rings. The molecule has 1 N–H and O–H groups in total. The van der Waals surface area contributed by atoms with Crippen molar-refractivity contribution < 1.29 is 32.2 Å². The Morgan fingerprint density at radius 1 is 0.951 bits per heavy atom. The molecule has 10 heteroatoms. The van der Waals surface area contributed by atoms with E-state index < -0.39 is 29.7 Å². The van der Waals surface area contributed by atoms with Gasteiger partial charge in [-0.25, -0.2) is 9.78 Å². The highest BCUT2D eigenvalue weighted by Crippen LogP contribution is 2.34. The first-order valence-corrected chi connectivity index (χ1v) is 13.1. The number of pyridine rings is 1. The summed E-state index contributed by atoms with van der Waals surface area (Å²) < 4.78 is 50.2. The standard InChI is InChI=1S/C31H28ClF3N2O4/c1-30(2,3)41-22-11-8-18(9-12-22)14-27(29(39)40-4)37-28(38)26-17-24(32)23-16-20(10-13-25(23)36-26)19-6-5-7-21(15-19)31(33,34)35/h5-13,15-17,27H,14H2,1-4H3,(H,37,38)/t27-/m0/s1. The summed E-state index contributed by atoms with van der Waals surface area (Å²) in [5.41, 5.74) is 0.847. The SMILES string of the molecule is COC(=O)[C@H](Cc1ccc(OC(C)(C)C)cc1)NC(=O)c1cc(Cl)c2cc(-c3cccc(C(F)(F)F)c3)ccc2n1. The van der Waals surface area contributed by atoms with Crippen LogP contribution < -0.4 is 10.1 Å². The third-order valence-electron chi connectivity index (χ3n) is 6.09. The number of hydrogen-bond donors (Lipinski definition) is 1.